The Labute approximate surface area is 229 Å². The molecule has 1 saturated carbocycles. The van der Waals surface area contributed by atoms with Gasteiger partial charge in [-0.2, -0.15) is 0 Å². The first-order valence-corrected chi connectivity index (χ1v) is 13.2. The monoisotopic (exact) mass is 547 g/mol. The molecule has 13 nitrogen and oxygen atoms in total. The zero-order chi connectivity index (χ0) is 27.5. The summed E-state index contributed by atoms with van der Waals surface area (Å²) in [6, 6.07) is 11.7. The van der Waals surface area contributed by atoms with Gasteiger partial charge in [0.2, 0.25) is 5.91 Å². The van der Waals surface area contributed by atoms with Crippen LogP contribution >= 0.6 is 0 Å². The van der Waals surface area contributed by atoms with Crippen LogP contribution < -0.4 is 24.8 Å². The molecule has 2 aromatic carbocycles. The third-order valence-corrected chi connectivity index (χ3v) is 7.02. The number of amides is 3. The molecular formula is C27H29N7O6. The van der Waals surface area contributed by atoms with Gasteiger partial charge < -0.3 is 29.7 Å². The average Bonchev–Trinajstić information content (AvgIpc) is 3.50. The number of benzene rings is 2. The molecule has 2 N–H and O–H groups in total. The van der Waals surface area contributed by atoms with Gasteiger partial charge in [0.25, 0.3) is 11.8 Å². The van der Waals surface area contributed by atoms with Crippen molar-refractivity contribution < 1.29 is 28.6 Å². The Morgan fingerprint density at radius 2 is 1.93 bits per heavy atom. The number of nitrogens with one attached hydrogen (secondary N) is 2. The summed E-state index contributed by atoms with van der Waals surface area (Å²) >= 11 is 0. The fraction of sp³-hybridized carbons (Fsp3) is 0.407. The highest BCUT2D eigenvalue weighted by Gasteiger charge is 2.38. The molecular weight excluding hydrogens is 518 g/mol. The summed E-state index contributed by atoms with van der Waals surface area (Å²) in [7, 11) is 0. The number of hydrogen-bond donors (Lipinski definition) is 2. The van der Waals surface area contributed by atoms with Gasteiger partial charge in [0, 0.05) is 24.7 Å². The molecule has 7 rings (SSSR count). The van der Waals surface area contributed by atoms with Crippen LogP contribution in [-0.4, -0.2) is 81.3 Å². The van der Waals surface area contributed by atoms with Crippen molar-refractivity contribution in [2.45, 2.75) is 38.1 Å². The summed E-state index contributed by atoms with van der Waals surface area (Å²) in [5.41, 5.74) is 1.20. The summed E-state index contributed by atoms with van der Waals surface area (Å²) in [6.45, 7) is 1.15. The van der Waals surface area contributed by atoms with Crippen LogP contribution in [0, 0.1) is 5.92 Å². The van der Waals surface area contributed by atoms with Gasteiger partial charge in [-0.05, 0) is 59.0 Å². The molecule has 0 unspecified atom stereocenters. The van der Waals surface area contributed by atoms with E-state index in [0.717, 1.165) is 18.4 Å². The van der Waals surface area contributed by atoms with Crippen LogP contribution in [0.4, 0.5) is 0 Å². The van der Waals surface area contributed by atoms with Crippen molar-refractivity contribution in [3.63, 3.8) is 0 Å². The lowest BCUT2D eigenvalue weighted by Crippen LogP contribution is -2.45. The van der Waals surface area contributed by atoms with Crippen molar-refractivity contribution in [1.82, 2.24) is 35.7 Å². The number of carbonyl (C=O) groups excluding carboxylic acids is 3. The molecule has 2 fully saturated rings. The van der Waals surface area contributed by atoms with Crippen LogP contribution in [0.25, 0.3) is 0 Å². The molecule has 3 aliphatic heterocycles. The largest absolute Gasteiger partial charge is 0.493 e. The minimum atomic E-state index is -0.506. The molecule has 208 valence electrons. The zero-order valence-corrected chi connectivity index (χ0v) is 21.7. The van der Waals surface area contributed by atoms with Gasteiger partial charge in [0.1, 0.15) is 36.2 Å². The maximum atomic E-state index is 13.5. The van der Waals surface area contributed by atoms with Gasteiger partial charge in [0.05, 0.1) is 19.2 Å². The lowest BCUT2D eigenvalue weighted by atomic mass is 10.1. The van der Waals surface area contributed by atoms with Crippen molar-refractivity contribution in [1.29, 1.82) is 0 Å². The van der Waals surface area contributed by atoms with Crippen LogP contribution in [-0.2, 0) is 22.7 Å². The Kier molecular flexibility index (Phi) is 7.17. The van der Waals surface area contributed by atoms with Crippen molar-refractivity contribution in [2.24, 2.45) is 5.92 Å². The van der Waals surface area contributed by atoms with E-state index in [4.69, 9.17) is 14.2 Å². The van der Waals surface area contributed by atoms with E-state index >= 15 is 0 Å². The minimum Gasteiger partial charge on any atom is -0.493 e. The van der Waals surface area contributed by atoms with E-state index < -0.39 is 12.1 Å². The van der Waals surface area contributed by atoms with Crippen molar-refractivity contribution >= 4 is 17.7 Å². The van der Waals surface area contributed by atoms with Crippen LogP contribution in [0.3, 0.4) is 0 Å². The molecule has 0 spiro atoms. The number of nitrogens with zero attached hydrogens (tertiary/aromatic N) is 5. The average molecular weight is 548 g/mol. The van der Waals surface area contributed by atoms with Gasteiger partial charge in [-0.15, -0.1) is 5.10 Å². The lowest BCUT2D eigenvalue weighted by molar-refractivity contribution is -0.131. The van der Waals surface area contributed by atoms with E-state index in [1.165, 1.54) is 11.0 Å². The molecule has 13 heteroatoms. The molecule has 0 radical (unpaired) electrons. The molecule has 1 saturated heterocycles. The first kappa shape index (κ1) is 25.6. The van der Waals surface area contributed by atoms with E-state index in [1.54, 1.807) is 35.2 Å². The summed E-state index contributed by atoms with van der Waals surface area (Å²) in [6.07, 6.45) is 3.11. The highest BCUT2D eigenvalue weighted by Crippen LogP contribution is 2.31. The second-order valence-electron chi connectivity index (χ2n) is 10.2. The van der Waals surface area contributed by atoms with Gasteiger partial charge in [-0.3, -0.25) is 14.4 Å². The lowest BCUT2D eigenvalue weighted by Gasteiger charge is -2.21. The van der Waals surface area contributed by atoms with Crippen molar-refractivity contribution in [2.75, 3.05) is 26.3 Å². The number of carbonyl (C=O) groups is 3. The van der Waals surface area contributed by atoms with Gasteiger partial charge in [-0.1, -0.05) is 12.1 Å². The Hall–Kier alpha value is -4.68. The van der Waals surface area contributed by atoms with Crippen molar-refractivity contribution in [3.05, 3.63) is 59.9 Å². The van der Waals surface area contributed by atoms with E-state index in [9.17, 15) is 14.4 Å². The van der Waals surface area contributed by atoms with Crippen LogP contribution in [0.15, 0.2) is 48.8 Å². The third-order valence-electron chi connectivity index (χ3n) is 7.02. The minimum absolute atomic E-state index is 0.0259. The number of rotatable bonds is 5. The molecule has 4 aliphatic rings. The number of fused-ring (bicyclic) bond motifs is 7. The molecule has 4 heterocycles. The predicted octanol–water partition coefficient (Wildman–Crippen LogP) is 0.559. The standard InChI is InChI=1S/C27H29N7O6/c35-25-15-39-22-8-19(7-21(9-22)38-14-18-1-2-18)27(37)30-23-11-33(26(36)13-34-16-29-31-32-34)12-24(23)40-20-5-3-17(4-6-20)10-28-25/h3-9,16,18,23-24H,1-2,10-15H2,(H,28,35)(H,30,37)/t23-,24-/m0/s1. The van der Waals surface area contributed by atoms with Crippen LogP contribution in [0.5, 0.6) is 17.2 Å². The highest BCUT2D eigenvalue weighted by atomic mass is 16.5. The highest BCUT2D eigenvalue weighted by molar-refractivity contribution is 5.95. The van der Waals surface area contributed by atoms with E-state index in [-0.39, 0.29) is 44.0 Å². The SMILES string of the molecule is O=C1COc2cc(OCC3CC3)cc(c2)C(=O)N[C@H]2CN(C(=O)Cn3cnnn3)C[C@@H]2Oc2ccc(cc2)CN1. The molecule has 1 aromatic heterocycles. The molecule has 3 amide bonds. The fourth-order valence-corrected chi connectivity index (χ4v) is 4.61. The van der Waals surface area contributed by atoms with Gasteiger partial charge >= 0.3 is 0 Å². The number of tetrazole rings is 1. The summed E-state index contributed by atoms with van der Waals surface area (Å²) in [4.78, 5) is 40.5. The fourth-order valence-electron chi connectivity index (χ4n) is 4.61. The number of aromatic nitrogens is 4. The van der Waals surface area contributed by atoms with Gasteiger partial charge in [0.15, 0.2) is 6.61 Å². The molecule has 40 heavy (non-hydrogen) atoms. The summed E-state index contributed by atoms with van der Waals surface area (Å²) in [5.74, 6) is 1.07. The first-order valence-electron chi connectivity index (χ1n) is 13.2. The first-order chi connectivity index (χ1) is 19.5. The number of hydrogen-bond acceptors (Lipinski definition) is 9. The quantitative estimate of drug-likeness (QED) is 0.467. The molecule has 3 aromatic rings. The number of likely N-dealkylation sites (tertiary alicyclic amines) is 1. The van der Waals surface area contributed by atoms with E-state index in [2.05, 4.69) is 26.2 Å². The Bertz CT molecular complexity index is 1380. The molecule has 1 aliphatic carbocycles. The Morgan fingerprint density at radius 1 is 1.07 bits per heavy atom. The van der Waals surface area contributed by atoms with Crippen molar-refractivity contribution in [3.8, 4) is 17.2 Å². The molecule has 4 bridgehead atoms. The van der Waals surface area contributed by atoms with Crippen LogP contribution in [0.2, 0.25) is 0 Å². The summed E-state index contributed by atoms with van der Waals surface area (Å²) < 4.78 is 19.3. The Balaban J connectivity index is 1.26. The van der Waals surface area contributed by atoms with E-state index in [0.29, 0.717) is 41.9 Å². The maximum Gasteiger partial charge on any atom is 0.258 e. The smallest absolute Gasteiger partial charge is 0.258 e. The normalized spacial score (nSPS) is 20.9. The van der Waals surface area contributed by atoms with Crippen LogP contribution in [0.1, 0.15) is 28.8 Å². The second kappa shape index (κ2) is 11.2. The second-order valence-corrected chi connectivity index (χ2v) is 10.2. The Morgan fingerprint density at radius 3 is 2.70 bits per heavy atom. The zero-order valence-electron chi connectivity index (χ0n) is 21.7. The number of ether oxygens (including phenoxy) is 3. The van der Waals surface area contributed by atoms with Gasteiger partial charge in [-0.25, -0.2) is 4.68 Å². The molecule has 2 atom stereocenters. The maximum absolute atomic E-state index is 13.5. The topological polar surface area (TPSA) is 150 Å². The third kappa shape index (κ3) is 6.30. The van der Waals surface area contributed by atoms with E-state index in [1.807, 2.05) is 12.1 Å². The summed E-state index contributed by atoms with van der Waals surface area (Å²) in [5, 5.41) is 16.8. The predicted molar refractivity (Wildman–Crippen MR) is 139 cm³/mol.